The van der Waals surface area contributed by atoms with Crippen LogP contribution in [0, 0.1) is 5.82 Å². The molecule has 1 aromatic rings. The summed E-state index contributed by atoms with van der Waals surface area (Å²) < 4.78 is 19.2. The summed E-state index contributed by atoms with van der Waals surface area (Å²) in [6.07, 6.45) is 2.21. The fourth-order valence-electron chi connectivity index (χ4n) is 2.56. The van der Waals surface area contributed by atoms with Gasteiger partial charge in [-0.1, -0.05) is 0 Å². The molecule has 21 heavy (non-hydrogen) atoms. The molecule has 1 fully saturated rings. The van der Waals surface area contributed by atoms with Gasteiger partial charge in [0, 0.05) is 18.8 Å². The second-order valence-electron chi connectivity index (χ2n) is 5.24. The maximum Gasteiger partial charge on any atom is 0.238 e. The molecule has 0 aromatic heterocycles. The van der Waals surface area contributed by atoms with Crippen molar-refractivity contribution in [2.24, 2.45) is 0 Å². The third-order valence-corrected chi connectivity index (χ3v) is 3.50. The van der Waals surface area contributed by atoms with Crippen LogP contribution in [0.25, 0.3) is 0 Å². The highest BCUT2D eigenvalue weighted by molar-refractivity contribution is 5.92. The average Bonchev–Trinajstić information content (AvgIpc) is 2.43. The summed E-state index contributed by atoms with van der Waals surface area (Å²) in [5.74, 6) is -0.722. The van der Waals surface area contributed by atoms with E-state index in [1.165, 1.54) is 18.2 Å². The number of carbonyl (C=O) groups excluding carboxylic acids is 1. The van der Waals surface area contributed by atoms with Gasteiger partial charge >= 0.3 is 0 Å². The molecule has 1 aliphatic heterocycles. The van der Waals surface area contributed by atoms with Crippen LogP contribution in [-0.4, -0.2) is 43.2 Å². The Hall–Kier alpha value is -1.66. The number of halogens is 1. The zero-order valence-electron chi connectivity index (χ0n) is 12.3. The van der Waals surface area contributed by atoms with E-state index in [2.05, 4.69) is 5.32 Å². The summed E-state index contributed by atoms with van der Waals surface area (Å²) in [5, 5.41) is 2.57. The number of likely N-dealkylation sites (tertiary alicyclic amines) is 1. The Morgan fingerprint density at radius 2 is 2.38 bits per heavy atom. The molecule has 1 unspecified atom stereocenters. The van der Waals surface area contributed by atoms with Crippen LogP contribution in [0.1, 0.15) is 19.8 Å². The van der Waals surface area contributed by atoms with E-state index in [1.807, 2.05) is 11.8 Å². The molecular formula is C15H22FN3O2. The van der Waals surface area contributed by atoms with Gasteiger partial charge in [0.15, 0.2) is 0 Å². The van der Waals surface area contributed by atoms with Crippen LogP contribution >= 0.6 is 0 Å². The number of carbonyl (C=O) groups is 1. The van der Waals surface area contributed by atoms with Crippen molar-refractivity contribution in [2.75, 3.05) is 37.3 Å². The minimum absolute atomic E-state index is 0.123. The number of amides is 1. The van der Waals surface area contributed by atoms with E-state index < -0.39 is 5.82 Å². The van der Waals surface area contributed by atoms with Crippen molar-refractivity contribution in [2.45, 2.75) is 25.9 Å². The zero-order chi connectivity index (χ0) is 15.2. The topological polar surface area (TPSA) is 67.6 Å². The van der Waals surface area contributed by atoms with Gasteiger partial charge in [-0.2, -0.15) is 0 Å². The summed E-state index contributed by atoms with van der Waals surface area (Å²) in [7, 11) is 0. The number of nitrogens with zero attached hydrogens (tertiary/aromatic N) is 1. The van der Waals surface area contributed by atoms with E-state index in [1.54, 1.807) is 0 Å². The molecular weight excluding hydrogens is 273 g/mol. The van der Waals surface area contributed by atoms with E-state index in [9.17, 15) is 9.18 Å². The first-order valence-electron chi connectivity index (χ1n) is 7.27. The number of nitrogen functional groups attached to an aromatic ring is 1. The van der Waals surface area contributed by atoms with Gasteiger partial charge in [-0.05, 0) is 44.5 Å². The average molecular weight is 295 g/mol. The number of hydrogen-bond donors (Lipinski definition) is 2. The van der Waals surface area contributed by atoms with Gasteiger partial charge in [0.25, 0.3) is 0 Å². The first kappa shape index (κ1) is 15.7. The second kappa shape index (κ2) is 7.38. The quantitative estimate of drug-likeness (QED) is 0.814. The lowest BCUT2D eigenvalue weighted by molar-refractivity contribution is -0.118. The molecule has 0 radical (unpaired) electrons. The molecule has 1 atom stereocenters. The standard InChI is InChI=1S/C15H22FN3O2/c1-2-21-12-4-3-7-19(9-12)10-15(20)18-14-8-11(17)5-6-13(14)16/h5-6,8,12H,2-4,7,9-10,17H2,1H3,(H,18,20). The predicted molar refractivity (Wildman–Crippen MR) is 80.5 cm³/mol. The van der Waals surface area contributed by atoms with Gasteiger partial charge in [-0.25, -0.2) is 4.39 Å². The Morgan fingerprint density at radius 1 is 1.57 bits per heavy atom. The smallest absolute Gasteiger partial charge is 0.238 e. The van der Waals surface area contributed by atoms with Crippen molar-refractivity contribution < 1.29 is 13.9 Å². The summed E-state index contributed by atoms with van der Waals surface area (Å²) in [5.41, 5.74) is 6.14. The number of rotatable bonds is 5. The molecule has 0 aliphatic carbocycles. The van der Waals surface area contributed by atoms with Crippen LogP contribution in [0.3, 0.4) is 0 Å². The molecule has 6 heteroatoms. The zero-order valence-corrected chi connectivity index (χ0v) is 12.3. The first-order chi connectivity index (χ1) is 10.1. The Labute approximate surface area is 124 Å². The van der Waals surface area contributed by atoms with E-state index in [-0.39, 0.29) is 24.2 Å². The Morgan fingerprint density at radius 3 is 3.14 bits per heavy atom. The number of benzene rings is 1. The van der Waals surface area contributed by atoms with Gasteiger partial charge in [0.1, 0.15) is 5.82 Å². The third-order valence-electron chi connectivity index (χ3n) is 3.50. The van der Waals surface area contributed by atoms with Gasteiger partial charge in [-0.3, -0.25) is 9.69 Å². The summed E-state index contributed by atoms with van der Waals surface area (Å²) in [6, 6.07) is 4.13. The van der Waals surface area contributed by atoms with Crippen LogP contribution in [0.15, 0.2) is 18.2 Å². The van der Waals surface area contributed by atoms with E-state index in [0.29, 0.717) is 12.3 Å². The minimum atomic E-state index is -0.483. The fourth-order valence-corrected chi connectivity index (χ4v) is 2.56. The molecule has 3 N–H and O–H groups in total. The minimum Gasteiger partial charge on any atom is -0.399 e. The van der Waals surface area contributed by atoms with E-state index in [0.717, 1.165) is 25.9 Å². The lowest BCUT2D eigenvalue weighted by Gasteiger charge is -2.31. The molecule has 116 valence electrons. The summed E-state index contributed by atoms with van der Waals surface area (Å²) in [6.45, 7) is 4.47. The van der Waals surface area contributed by atoms with E-state index >= 15 is 0 Å². The van der Waals surface area contributed by atoms with Crippen LogP contribution in [-0.2, 0) is 9.53 Å². The van der Waals surface area contributed by atoms with Crippen LogP contribution in [0.2, 0.25) is 0 Å². The highest BCUT2D eigenvalue weighted by Gasteiger charge is 2.22. The number of anilines is 2. The summed E-state index contributed by atoms with van der Waals surface area (Å²) >= 11 is 0. The molecule has 5 nitrogen and oxygen atoms in total. The lowest BCUT2D eigenvalue weighted by atomic mass is 10.1. The maximum atomic E-state index is 13.6. The van der Waals surface area contributed by atoms with Crippen molar-refractivity contribution >= 4 is 17.3 Å². The molecule has 1 amide bonds. The Balaban J connectivity index is 1.88. The van der Waals surface area contributed by atoms with Crippen molar-refractivity contribution in [3.63, 3.8) is 0 Å². The Bertz CT molecular complexity index is 494. The van der Waals surface area contributed by atoms with Crippen LogP contribution in [0.4, 0.5) is 15.8 Å². The number of piperidine rings is 1. The van der Waals surface area contributed by atoms with Crippen molar-refractivity contribution in [1.82, 2.24) is 4.90 Å². The molecule has 0 spiro atoms. The van der Waals surface area contributed by atoms with Crippen molar-refractivity contribution in [3.8, 4) is 0 Å². The van der Waals surface area contributed by atoms with Gasteiger partial charge < -0.3 is 15.8 Å². The third kappa shape index (κ3) is 4.68. The predicted octanol–water partition coefficient (Wildman–Crippen LogP) is 1.85. The largest absolute Gasteiger partial charge is 0.399 e. The Kier molecular flexibility index (Phi) is 5.52. The monoisotopic (exact) mass is 295 g/mol. The molecule has 1 aliphatic rings. The van der Waals surface area contributed by atoms with Crippen LogP contribution in [0.5, 0.6) is 0 Å². The van der Waals surface area contributed by atoms with Crippen molar-refractivity contribution in [3.05, 3.63) is 24.0 Å². The molecule has 0 saturated carbocycles. The lowest BCUT2D eigenvalue weighted by Crippen LogP contribution is -2.43. The summed E-state index contributed by atoms with van der Waals surface area (Å²) in [4.78, 5) is 14.0. The van der Waals surface area contributed by atoms with Gasteiger partial charge in [-0.15, -0.1) is 0 Å². The fraction of sp³-hybridized carbons (Fsp3) is 0.533. The highest BCUT2D eigenvalue weighted by atomic mass is 19.1. The normalized spacial score (nSPS) is 19.4. The number of nitrogens with one attached hydrogen (secondary N) is 1. The number of ether oxygens (including phenoxy) is 1. The molecule has 1 aromatic carbocycles. The van der Waals surface area contributed by atoms with Gasteiger partial charge in [0.05, 0.1) is 18.3 Å². The number of nitrogens with two attached hydrogens (primary N) is 1. The molecule has 0 bridgehead atoms. The second-order valence-corrected chi connectivity index (χ2v) is 5.24. The number of hydrogen-bond acceptors (Lipinski definition) is 4. The van der Waals surface area contributed by atoms with Crippen molar-refractivity contribution in [1.29, 1.82) is 0 Å². The van der Waals surface area contributed by atoms with Crippen LogP contribution < -0.4 is 11.1 Å². The van der Waals surface area contributed by atoms with Gasteiger partial charge in [0.2, 0.25) is 5.91 Å². The SMILES string of the molecule is CCOC1CCCN(CC(=O)Nc2cc(N)ccc2F)C1. The van der Waals surface area contributed by atoms with E-state index in [4.69, 9.17) is 10.5 Å². The maximum absolute atomic E-state index is 13.6. The highest BCUT2D eigenvalue weighted by Crippen LogP contribution is 2.18. The molecule has 1 heterocycles. The molecule has 2 rings (SSSR count). The molecule has 1 saturated heterocycles. The first-order valence-corrected chi connectivity index (χ1v) is 7.27.